The average molecular weight is 337 g/mol. The average Bonchev–Trinajstić information content (AvgIpc) is 3.35. The minimum Gasteiger partial charge on any atom is -0.481 e. The third-order valence-corrected chi connectivity index (χ3v) is 4.36. The van der Waals surface area contributed by atoms with Crippen molar-refractivity contribution in [3.05, 3.63) is 54.2 Å². The van der Waals surface area contributed by atoms with Crippen molar-refractivity contribution in [2.45, 2.75) is 31.7 Å². The predicted octanol–water partition coefficient (Wildman–Crippen LogP) is 3.58. The monoisotopic (exact) mass is 337 g/mol. The molecule has 0 saturated heterocycles. The second kappa shape index (κ2) is 6.55. The summed E-state index contributed by atoms with van der Waals surface area (Å²) < 4.78 is 5.46. The zero-order valence-electron chi connectivity index (χ0n) is 13.8. The lowest BCUT2D eigenvalue weighted by Crippen LogP contribution is -2.27. The van der Waals surface area contributed by atoms with Gasteiger partial charge in [-0.3, -0.25) is 4.79 Å². The molecular weight excluding hydrogens is 318 g/mol. The van der Waals surface area contributed by atoms with Gasteiger partial charge in [-0.05, 0) is 37.1 Å². The van der Waals surface area contributed by atoms with Crippen LogP contribution in [-0.2, 0) is 11.3 Å². The Kier molecular flexibility index (Phi) is 4.09. The van der Waals surface area contributed by atoms with Crippen LogP contribution in [0.15, 0.2) is 47.1 Å². The van der Waals surface area contributed by atoms with E-state index in [4.69, 9.17) is 19.5 Å². The normalized spacial score (nSPS) is 13.9. The molecule has 6 heteroatoms. The molecule has 1 N–H and O–H groups in total. The van der Waals surface area contributed by atoms with E-state index in [1.807, 2.05) is 41.3 Å². The molecule has 1 aromatic carbocycles. The maximum Gasteiger partial charge on any atom is 0.305 e. The first kappa shape index (κ1) is 15.6. The molecule has 6 nitrogen and oxygen atoms in total. The maximum atomic E-state index is 11.1. The van der Waals surface area contributed by atoms with Crippen molar-refractivity contribution < 1.29 is 14.3 Å². The van der Waals surface area contributed by atoms with E-state index in [-0.39, 0.29) is 6.42 Å². The molecule has 4 rings (SSSR count). The Bertz CT molecular complexity index is 888. The standard InChI is InChI=1S/C19H19N3O3/c23-17(24)9-10-22(12-14-4-3-11-25-14)19-15-5-1-2-6-16(15)20-18(21-19)13-7-8-13/h1-6,11,13H,7-10,12H2,(H,23,24). The van der Waals surface area contributed by atoms with E-state index in [2.05, 4.69) is 0 Å². The number of carbonyl (C=O) groups is 1. The molecule has 1 saturated carbocycles. The zero-order valence-corrected chi connectivity index (χ0v) is 13.8. The van der Waals surface area contributed by atoms with Gasteiger partial charge in [-0.25, -0.2) is 9.97 Å². The quantitative estimate of drug-likeness (QED) is 0.710. The number of para-hydroxylation sites is 1. The second-order valence-corrected chi connectivity index (χ2v) is 6.34. The Labute approximate surface area is 145 Å². The molecule has 0 bridgehead atoms. The summed E-state index contributed by atoms with van der Waals surface area (Å²) in [5, 5.41) is 10.1. The van der Waals surface area contributed by atoms with Gasteiger partial charge in [0.2, 0.25) is 0 Å². The predicted molar refractivity (Wildman–Crippen MR) is 93.5 cm³/mol. The Morgan fingerprint density at radius 3 is 2.76 bits per heavy atom. The topological polar surface area (TPSA) is 79.5 Å². The molecule has 1 aliphatic rings. The largest absolute Gasteiger partial charge is 0.481 e. The van der Waals surface area contributed by atoms with Gasteiger partial charge in [0.15, 0.2) is 0 Å². The van der Waals surface area contributed by atoms with Crippen molar-refractivity contribution in [2.24, 2.45) is 0 Å². The molecular formula is C19H19N3O3. The van der Waals surface area contributed by atoms with Gasteiger partial charge >= 0.3 is 5.97 Å². The number of furan rings is 1. The lowest BCUT2D eigenvalue weighted by atomic mass is 10.2. The fourth-order valence-electron chi connectivity index (χ4n) is 2.92. The molecule has 3 aromatic rings. The fourth-order valence-corrected chi connectivity index (χ4v) is 2.92. The van der Waals surface area contributed by atoms with E-state index in [0.717, 1.165) is 41.1 Å². The highest BCUT2D eigenvalue weighted by molar-refractivity contribution is 5.89. The fraction of sp³-hybridized carbons (Fsp3) is 0.316. The van der Waals surface area contributed by atoms with Crippen LogP contribution >= 0.6 is 0 Å². The Hall–Kier alpha value is -2.89. The van der Waals surface area contributed by atoms with E-state index in [1.165, 1.54) is 0 Å². The minimum atomic E-state index is -0.828. The molecule has 128 valence electrons. The first-order chi connectivity index (χ1) is 12.2. The Morgan fingerprint density at radius 1 is 1.20 bits per heavy atom. The molecule has 0 spiro atoms. The number of rotatable bonds is 7. The summed E-state index contributed by atoms with van der Waals surface area (Å²) >= 11 is 0. The van der Waals surface area contributed by atoms with Gasteiger partial charge in [0, 0.05) is 17.8 Å². The summed E-state index contributed by atoms with van der Waals surface area (Å²) in [6, 6.07) is 11.6. The van der Waals surface area contributed by atoms with Crippen LogP contribution in [0.2, 0.25) is 0 Å². The van der Waals surface area contributed by atoms with E-state index in [0.29, 0.717) is 19.0 Å². The van der Waals surface area contributed by atoms with Gasteiger partial charge in [0.05, 0.1) is 24.7 Å². The number of hydrogen-bond acceptors (Lipinski definition) is 5. The van der Waals surface area contributed by atoms with Crippen molar-refractivity contribution in [3.8, 4) is 0 Å². The molecule has 0 aliphatic heterocycles. The molecule has 25 heavy (non-hydrogen) atoms. The lowest BCUT2D eigenvalue weighted by Gasteiger charge is -2.24. The molecule has 2 aromatic heterocycles. The van der Waals surface area contributed by atoms with Gasteiger partial charge in [-0.15, -0.1) is 0 Å². The lowest BCUT2D eigenvalue weighted by molar-refractivity contribution is -0.136. The van der Waals surface area contributed by atoms with Crippen LogP contribution in [0.3, 0.4) is 0 Å². The molecule has 0 amide bonds. The van der Waals surface area contributed by atoms with Gasteiger partial charge in [-0.2, -0.15) is 0 Å². The zero-order chi connectivity index (χ0) is 17.2. The third kappa shape index (κ3) is 3.47. The number of carboxylic acid groups (broad SMARTS) is 1. The molecule has 2 heterocycles. The third-order valence-electron chi connectivity index (χ3n) is 4.36. The highest BCUT2D eigenvalue weighted by atomic mass is 16.4. The summed E-state index contributed by atoms with van der Waals surface area (Å²) in [4.78, 5) is 22.6. The van der Waals surface area contributed by atoms with E-state index in [1.54, 1.807) is 6.26 Å². The highest BCUT2D eigenvalue weighted by Crippen LogP contribution is 2.40. The van der Waals surface area contributed by atoms with Gasteiger partial charge in [-0.1, -0.05) is 12.1 Å². The van der Waals surface area contributed by atoms with Crippen molar-refractivity contribution in [2.75, 3.05) is 11.4 Å². The highest BCUT2D eigenvalue weighted by Gasteiger charge is 2.28. The summed E-state index contributed by atoms with van der Waals surface area (Å²) in [6.07, 6.45) is 3.90. The van der Waals surface area contributed by atoms with Crippen LogP contribution in [0, 0.1) is 0 Å². The van der Waals surface area contributed by atoms with Crippen molar-refractivity contribution in [1.82, 2.24) is 9.97 Å². The van der Waals surface area contributed by atoms with Crippen LogP contribution in [0.5, 0.6) is 0 Å². The maximum absolute atomic E-state index is 11.1. The number of anilines is 1. The Morgan fingerprint density at radius 2 is 2.04 bits per heavy atom. The van der Waals surface area contributed by atoms with E-state index >= 15 is 0 Å². The molecule has 0 unspecified atom stereocenters. The van der Waals surface area contributed by atoms with Gasteiger partial charge in [0.1, 0.15) is 17.4 Å². The smallest absolute Gasteiger partial charge is 0.305 e. The number of aliphatic carboxylic acids is 1. The second-order valence-electron chi connectivity index (χ2n) is 6.34. The summed E-state index contributed by atoms with van der Waals surface area (Å²) in [6.45, 7) is 0.840. The van der Waals surface area contributed by atoms with Crippen LogP contribution in [0.4, 0.5) is 5.82 Å². The summed E-state index contributed by atoms with van der Waals surface area (Å²) in [5.74, 6) is 2.01. The van der Waals surface area contributed by atoms with Crippen molar-refractivity contribution in [3.63, 3.8) is 0 Å². The van der Waals surface area contributed by atoms with Gasteiger partial charge in [0.25, 0.3) is 0 Å². The van der Waals surface area contributed by atoms with Crippen LogP contribution in [-0.4, -0.2) is 27.6 Å². The Balaban J connectivity index is 1.77. The van der Waals surface area contributed by atoms with E-state index < -0.39 is 5.97 Å². The molecule has 1 aliphatic carbocycles. The number of benzene rings is 1. The van der Waals surface area contributed by atoms with Gasteiger partial charge < -0.3 is 14.4 Å². The number of fused-ring (bicyclic) bond motifs is 1. The van der Waals surface area contributed by atoms with Crippen molar-refractivity contribution in [1.29, 1.82) is 0 Å². The van der Waals surface area contributed by atoms with E-state index in [9.17, 15) is 4.79 Å². The molecule has 0 radical (unpaired) electrons. The molecule has 0 atom stereocenters. The van der Waals surface area contributed by atoms with Crippen LogP contribution < -0.4 is 4.90 Å². The minimum absolute atomic E-state index is 0.0395. The molecule has 1 fully saturated rings. The number of aromatic nitrogens is 2. The number of carboxylic acids is 1. The van der Waals surface area contributed by atoms with Crippen LogP contribution in [0.25, 0.3) is 10.9 Å². The van der Waals surface area contributed by atoms with Crippen LogP contribution in [0.1, 0.15) is 36.8 Å². The van der Waals surface area contributed by atoms with Crippen molar-refractivity contribution >= 4 is 22.7 Å². The first-order valence-corrected chi connectivity index (χ1v) is 8.46. The number of nitrogens with zero attached hydrogens (tertiary/aromatic N) is 3. The first-order valence-electron chi connectivity index (χ1n) is 8.46. The SMILES string of the molecule is O=C(O)CCN(Cc1ccco1)c1nc(C2CC2)nc2ccccc12. The summed E-state index contributed by atoms with van der Waals surface area (Å²) in [5.41, 5.74) is 0.897. The summed E-state index contributed by atoms with van der Waals surface area (Å²) in [7, 11) is 0. The number of hydrogen-bond donors (Lipinski definition) is 1.